The van der Waals surface area contributed by atoms with E-state index in [9.17, 15) is 18.0 Å². The normalized spacial score (nSPS) is 12.2. The van der Waals surface area contributed by atoms with Gasteiger partial charge in [-0.05, 0) is 37.1 Å². The van der Waals surface area contributed by atoms with Crippen molar-refractivity contribution in [3.8, 4) is 0 Å². The topological polar surface area (TPSA) is 86.8 Å². The molecule has 2 rings (SSSR count). The zero-order valence-corrected chi connectivity index (χ0v) is 20.8. The maximum atomic E-state index is 13.4. The third kappa shape index (κ3) is 6.60. The van der Waals surface area contributed by atoms with Crippen molar-refractivity contribution >= 4 is 50.7 Å². The monoisotopic (exact) mass is 499 g/mol. The predicted octanol–water partition coefficient (Wildman–Crippen LogP) is 3.62. The number of rotatable bonds is 9. The van der Waals surface area contributed by atoms with E-state index in [0.29, 0.717) is 6.42 Å². The third-order valence-electron chi connectivity index (χ3n) is 4.98. The fraction of sp³-hybridized carbons (Fsp3) is 0.364. The lowest BCUT2D eigenvalue weighted by molar-refractivity contribution is -0.140. The first-order valence-electron chi connectivity index (χ1n) is 9.97. The lowest BCUT2D eigenvalue weighted by Gasteiger charge is -2.32. The molecule has 0 saturated heterocycles. The Morgan fingerprint density at radius 2 is 1.69 bits per heavy atom. The molecule has 0 heterocycles. The first kappa shape index (κ1) is 26.0. The summed E-state index contributed by atoms with van der Waals surface area (Å²) in [5.41, 5.74) is 2.10. The summed E-state index contributed by atoms with van der Waals surface area (Å²) in [6.45, 7) is 3.41. The van der Waals surface area contributed by atoms with Gasteiger partial charge in [0.25, 0.3) is 0 Å². The molecule has 2 amide bonds. The van der Waals surface area contributed by atoms with Gasteiger partial charge in [-0.3, -0.25) is 13.9 Å². The summed E-state index contributed by atoms with van der Waals surface area (Å²) in [5.74, 6) is -0.842. The van der Waals surface area contributed by atoms with Crippen LogP contribution in [0.15, 0.2) is 42.5 Å². The smallest absolute Gasteiger partial charge is 0.244 e. The van der Waals surface area contributed by atoms with Crippen LogP contribution in [0.4, 0.5) is 5.69 Å². The van der Waals surface area contributed by atoms with Crippen molar-refractivity contribution in [2.24, 2.45) is 0 Å². The van der Waals surface area contributed by atoms with Crippen molar-refractivity contribution in [2.75, 3.05) is 24.2 Å². The largest absolute Gasteiger partial charge is 0.357 e. The molecule has 0 spiro atoms. The van der Waals surface area contributed by atoms with E-state index in [4.69, 9.17) is 23.2 Å². The molecule has 0 aliphatic heterocycles. The molecule has 0 radical (unpaired) electrons. The molecule has 2 aromatic carbocycles. The average Bonchev–Trinajstić information content (AvgIpc) is 2.74. The third-order valence-corrected chi connectivity index (χ3v) is 6.86. The molecule has 1 atom stereocenters. The minimum absolute atomic E-state index is 0.157. The first-order valence-corrected chi connectivity index (χ1v) is 12.6. The second-order valence-corrected chi connectivity index (χ2v) is 10.1. The minimum atomic E-state index is -3.83. The van der Waals surface area contributed by atoms with Gasteiger partial charge in [0.2, 0.25) is 21.8 Å². The molecule has 0 bridgehead atoms. The Hall–Kier alpha value is -2.29. The quantitative estimate of drug-likeness (QED) is 0.570. The molecule has 32 heavy (non-hydrogen) atoms. The maximum absolute atomic E-state index is 13.4. The van der Waals surface area contributed by atoms with Gasteiger partial charge in [0.05, 0.1) is 22.0 Å². The number of carbonyl (C=O) groups excluding carboxylic acids is 2. The highest BCUT2D eigenvalue weighted by atomic mass is 35.5. The number of anilines is 1. The zero-order valence-electron chi connectivity index (χ0n) is 18.4. The van der Waals surface area contributed by atoms with Gasteiger partial charge in [0.15, 0.2) is 0 Å². The van der Waals surface area contributed by atoms with Gasteiger partial charge >= 0.3 is 0 Å². The fourth-order valence-electron chi connectivity index (χ4n) is 3.23. The highest BCUT2D eigenvalue weighted by Gasteiger charge is 2.31. The van der Waals surface area contributed by atoms with Crippen LogP contribution in [-0.2, 0) is 26.2 Å². The van der Waals surface area contributed by atoms with Crippen molar-refractivity contribution in [2.45, 2.75) is 32.9 Å². The van der Waals surface area contributed by atoms with Crippen LogP contribution in [0.1, 0.15) is 24.5 Å². The van der Waals surface area contributed by atoms with E-state index in [0.717, 1.165) is 21.7 Å². The molecule has 7 nitrogen and oxygen atoms in total. The lowest BCUT2D eigenvalue weighted by Crippen LogP contribution is -2.51. The fourth-order valence-corrected chi connectivity index (χ4v) is 4.36. The molecule has 0 aliphatic carbocycles. The molecule has 1 unspecified atom stereocenters. The van der Waals surface area contributed by atoms with Crippen LogP contribution in [0.25, 0.3) is 0 Å². The van der Waals surface area contributed by atoms with E-state index in [1.165, 1.54) is 30.1 Å². The van der Waals surface area contributed by atoms with Crippen LogP contribution in [0.5, 0.6) is 0 Å². The standard InChI is InChI=1S/C22H27Cl2N3O4S/c1-5-20(22(29)25-3)26(13-16-8-6-15(2)7-9-16)21(28)14-27(32(4,30)31)17-10-11-18(23)19(24)12-17/h6-12,20H,5,13-14H2,1-4H3,(H,25,29). The number of sulfonamides is 1. The van der Waals surface area contributed by atoms with E-state index in [1.54, 1.807) is 6.92 Å². The Morgan fingerprint density at radius 1 is 1.06 bits per heavy atom. The molecule has 174 valence electrons. The summed E-state index contributed by atoms with van der Waals surface area (Å²) in [5, 5.41) is 3.01. The molecule has 2 aromatic rings. The van der Waals surface area contributed by atoms with Crippen molar-refractivity contribution in [3.05, 3.63) is 63.6 Å². The second-order valence-electron chi connectivity index (χ2n) is 7.41. The Labute approximate surface area is 199 Å². The number of nitrogens with zero attached hydrogens (tertiary/aromatic N) is 2. The van der Waals surface area contributed by atoms with Crippen LogP contribution in [0, 0.1) is 6.92 Å². The lowest BCUT2D eigenvalue weighted by atomic mass is 10.1. The minimum Gasteiger partial charge on any atom is -0.357 e. The van der Waals surface area contributed by atoms with Crippen LogP contribution in [0.3, 0.4) is 0 Å². The Bertz CT molecular complexity index is 1080. The van der Waals surface area contributed by atoms with Crippen molar-refractivity contribution in [3.63, 3.8) is 0 Å². The van der Waals surface area contributed by atoms with Crippen LogP contribution < -0.4 is 9.62 Å². The predicted molar refractivity (Wildman–Crippen MR) is 129 cm³/mol. The summed E-state index contributed by atoms with van der Waals surface area (Å²) < 4.78 is 26.0. The number of nitrogens with one attached hydrogen (secondary N) is 1. The highest BCUT2D eigenvalue weighted by molar-refractivity contribution is 7.92. The van der Waals surface area contributed by atoms with E-state index in [2.05, 4.69) is 5.32 Å². The second kappa shape index (κ2) is 11.0. The van der Waals surface area contributed by atoms with Crippen LogP contribution >= 0.6 is 23.2 Å². The number of amides is 2. The summed E-state index contributed by atoms with van der Waals surface area (Å²) in [7, 11) is -2.33. The highest BCUT2D eigenvalue weighted by Crippen LogP contribution is 2.28. The van der Waals surface area contributed by atoms with Crippen LogP contribution in [-0.4, -0.2) is 51.0 Å². The summed E-state index contributed by atoms with van der Waals surface area (Å²) >= 11 is 12.0. The number of benzene rings is 2. The summed E-state index contributed by atoms with van der Waals surface area (Å²) in [4.78, 5) is 27.3. The van der Waals surface area contributed by atoms with E-state index in [-0.39, 0.29) is 28.2 Å². The van der Waals surface area contributed by atoms with Gasteiger partial charge < -0.3 is 10.2 Å². The number of hydrogen-bond donors (Lipinski definition) is 1. The van der Waals surface area contributed by atoms with Gasteiger partial charge in [-0.25, -0.2) is 8.42 Å². The van der Waals surface area contributed by atoms with E-state index >= 15 is 0 Å². The van der Waals surface area contributed by atoms with Gasteiger partial charge in [-0.2, -0.15) is 0 Å². The SMILES string of the molecule is CCC(C(=O)NC)N(Cc1ccc(C)cc1)C(=O)CN(c1ccc(Cl)c(Cl)c1)S(C)(=O)=O. The first-order chi connectivity index (χ1) is 15.0. The van der Waals surface area contributed by atoms with Gasteiger partial charge in [0.1, 0.15) is 12.6 Å². The Kier molecular flexibility index (Phi) is 8.95. The Morgan fingerprint density at radius 3 is 2.19 bits per heavy atom. The van der Waals surface area contributed by atoms with Gasteiger partial charge in [-0.1, -0.05) is 60.0 Å². The zero-order chi connectivity index (χ0) is 24.1. The molecule has 0 aromatic heterocycles. The van der Waals surface area contributed by atoms with Crippen LogP contribution in [0.2, 0.25) is 10.0 Å². The molecular weight excluding hydrogens is 473 g/mol. The number of carbonyl (C=O) groups is 2. The molecule has 0 aliphatic rings. The number of aryl methyl sites for hydroxylation is 1. The molecule has 10 heteroatoms. The summed E-state index contributed by atoms with van der Waals surface area (Å²) in [6.07, 6.45) is 1.37. The van der Waals surface area contributed by atoms with Crippen molar-refractivity contribution in [1.82, 2.24) is 10.2 Å². The molecule has 0 fully saturated rings. The molecular formula is C22H27Cl2N3O4S. The van der Waals surface area contributed by atoms with E-state index in [1.807, 2.05) is 31.2 Å². The van der Waals surface area contributed by atoms with E-state index < -0.39 is 28.5 Å². The number of likely N-dealkylation sites (N-methyl/N-ethyl adjacent to an activating group) is 1. The maximum Gasteiger partial charge on any atom is 0.244 e. The summed E-state index contributed by atoms with van der Waals surface area (Å²) in [6, 6.07) is 11.1. The Balaban J connectivity index is 2.43. The molecule has 1 N–H and O–H groups in total. The van der Waals surface area contributed by atoms with Crippen molar-refractivity contribution in [1.29, 1.82) is 0 Å². The number of hydrogen-bond acceptors (Lipinski definition) is 4. The molecule has 0 saturated carbocycles. The average molecular weight is 500 g/mol. The number of halogens is 2. The van der Waals surface area contributed by atoms with Gasteiger partial charge in [0, 0.05) is 13.6 Å². The van der Waals surface area contributed by atoms with Crippen molar-refractivity contribution < 1.29 is 18.0 Å². The van der Waals surface area contributed by atoms with Gasteiger partial charge in [-0.15, -0.1) is 0 Å².